The lowest BCUT2D eigenvalue weighted by molar-refractivity contribution is -0.122. The zero-order chi connectivity index (χ0) is 16.7. The molecule has 1 atom stereocenters. The smallest absolute Gasteiger partial charge is 0.265 e. The normalized spacial score (nSPS) is 17.9. The van der Waals surface area contributed by atoms with Crippen molar-refractivity contribution in [3.05, 3.63) is 47.0 Å². The van der Waals surface area contributed by atoms with E-state index in [4.69, 9.17) is 21.1 Å². The molecule has 0 radical (unpaired) electrons. The molecule has 24 heavy (non-hydrogen) atoms. The highest BCUT2D eigenvalue weighted by Gasteiger charge is 2.29. The van der Waals surface area contributed by atoms with Gasteiger partial charge in [-0.15, -0.1) is 0 Å². The van der Waals surface area contributed by atoms with Crippen molar-refractivity contribution >= 4 is 34.8 Å². The van der Waals surface area contributed by atoms with Crippen molar-refractivity contribution in [1.29, 1.82) is 0 Å². The number of anilines is 2. The van der Waals surface area contributed by atoms with Crippen LogP contribution < -0.4 is 20.1 Å². The maximum Gasteiger partial charge on any atom is 0.265 e. The van der Waals surface area contributed by atoms with E-state index in [1.165, 1.54) is 0 Å². The minimum Gasteiger partial charge on any atom is -0.482 e. The second-order valence-electron chi connectivity index (χ2n) is 5.57. The molecule has 2 aliphatic heterocycles. The molecular formula is C17H13ClN2O4. The summed E-state index contributed by atoms with van der Waals surface area (Å²) in [6.45, 7) is -0.0664. The molecule has 6 nitrogen and oxygen atoms in total. The number of rotatable bonds is 2. The Labute approximate surface area is 142 Å². The lowest BCUT2D eigenvalue weighted by Gasteiger charge is -2.20. The number of amides is 2. The first-order valence-electron chi connectivity index (χ1n) is 7.42. The van der Waals surface area contributed by atoms with Gasteiger partial charge in [0.1, 0.15) is 11.5 Å². The van der Waals surface area contributed by atoms with Gasteiger partial charge in [-0.2, -0.15) is 0 Å². The van der Waals surface area contributed by atoms with Crippen LogP contribution in [0.15, 0.2) is 36.4 Å². The van der Waals surface area contributed by atoms with Gasteiger partial charge >= 0.3 is 0 Å². The number of carbonyl (C=O) groups is 2. The summed E-state index contributed by atoms with van der Waals surface area (Å²) in [5, 5.41) is 5.73. The standard InChI is InChI=1S/C17H13ClN2O4/c18-10-6-12-14(23-8-16(21)19-12)7-11(10)20-17(22)15-5-9-3-1-2-4-13(9)24-15/h1-4,6-7,15H,5,8H2,(H,19,21)(H,20,22)/t15-/m1/s1. The number of nitrogens with one attached hydrogen (secondary N) is 2. The molecular weight excluding hydrogens is 332 g/mol. The minimum atomic E-state index is -0.602. The Morgan fingerprint density at radius 3 is 2.92 bits per heavy atom. The van der Waals surface area contributed by atoms with Gasteiger partial charge in [0.15, 0.2) is 12.7 Å². The molecule has 0 spiro atoms. The predicted molar refractivity (Wildman–Crippen MR) is 88.8 cm³/mol. The molecule has 0 saturated carbocycles. The summed E-state index contributed by atoms with van der Waals surface area (Å²) in [6.07, 6.45) is -0.0907. The number of halogens is 1. The van der Waals surface area contributed by atoms with E-state index in [9.17, 15) is 9.59 Å². The second-order valence-corrected chi connectivity index (χ2v) is 5.98. The molecule has 2 aromatic rings. The number of benzene rings is 2. The molecule has 122 valence electrons. The van der Waals surface area contributed by atoms with Crippen LogP contribution in [-0.4, -0.2) is 24.5 Å². The molecule has 2 heterocycles. The Kier molecular flexibility index (Phi) is 3.54. The first kappa shape index (κ1) is 14.8. The number of hydrogen-bond donors (Lipinski definition) is 2. The quantitative estimate of drug-likeness (QED) is 0.878. The van der Waals surface area contributed by atoms with Crippen molar-refractivity contribution in [2.45, 2.75) is 12.5 Å². The summed E-state index contributed by atoms with van der Waals surface area (Å²) < 4.78 is 11.0. The summed E-state index contributed by atoms with van der Waals surface area (Å²) in [6, 6.07) is 10.7. The van der Waals surface area contributed by atoms with E-state index < -0.39 is 6.10 Å². The van der Waals surface area contributed by atoms with Crippen molar-refractivity contribution < 1.29 is 19.1 Å². The van der Waals surface area contributed by atoms with Crippen LogP contribution in [0.25, 0.3) is 0 Å². The fourth-order valence-corrected chi connectivity index (χ4v) is 2.95. The molecule has 4 rings (SSSR count). The van der Waals surface area contributed by atoms with Crippen molar-refractivity contribution in [3.8, 4) is 11.5 Å². The summed E-state index contributed by atoms with van der Waals surface area (Å²) in [7, 11) is 0. The third-order valence-corrected chi connectivity index (χ3v) is 4.21. The molecule has 0 saturated heterocycles. The number of para-hydroxylation sites is 1. The van der Waals surface area contributed by atoms with E-state index in [1.807, 2.05) is 24.3 Å². The van der Waals surface area contributed by atoms with Gasteiger partial charge in [-0.05, 0) is 17.7 Å². The van der Waals surface area contributed by atoms with Crippen molar-refractivity contribution in [2.75, 3.05) is 17.2 Å². The van der Waals surface area contributed by atoms with Crippen LogP contribution in [-0.2, 0) is 16.0 Å². The number of fused-ring (bicyclic) bond motifs is 2. The van der Waals surface area contributed by atoms with Crippen LogP contribution in [0.4, 0.5) is 11.4 Å². The summed E-state index contributed by atoms with van der Waals surface area (Å²) in [4.78, 5) is 23.8. The molecule has 0 aliphatic carbocycles. The molecule has 2 N–H and O–H groups in total. The fraction of sp³-hybridized carbons (Fsp3) is 0.176. The largest absolute Gasteiger partial charge is 0.482 e. The van der Waals surface area contributed by atoms with Crippen LogP contribution in [0.2, 0.25) is 5.02 Å². The summed E-state index contributed by atoms with van der Waals surface area (Å²) >= 11 is 6.19. The van der Waals surface area contributed by atoms with Crippen molar-refractivity contribution in [3.63, 3.8) is 0 Å². The minimum absolute atomic E-state index is 0.0664. The van der Waals surface area contributed by atoms with Crippen LogP contribution in [0.3, 0.4) is 0 Å². The monoisotopic (exact) mass is 344 g/mol. The molecule has 2 aromatic carbocycles. The SMILES string of the molecule is O=C1COc2cc(NC(=O)[C@H]3Cc4ccccc4O3)c(Cl)cc2N1. The Balaban J connectivity index is 1.52. The van der Waals surface area contributed by atoms with Gasteiger partial charge in [0.25, 0.3) is 11.8 Å². The molecule has 7 heteroatoms. The summed E-state index contributed by atoms with van der Waals surface area (Å²) in [5.41, 5.74) is 1.90. The van der Waals surface area contributed by atoms with Gasteiger partial charge in [0, 0.05) is 12.5 Å². The fourth-order valence-electron chi connectivity index (χ4n) is 2.74. The van der Waals surface area contributed by atoms with Gasteiger partial charge in [0.2, 0.25) is 0 Å². The topological polar surface area (TPSA) is 76.7 Å². The number of carbonyl (C=O) groups excluding carboxylic acids is 2. The molecule has 0 fully saturated rings. The predicted octanol–water partition coefficient (Wildman–Crippen LogP) is 2.61. The van der Waals surface area contributed by atoms with Crippen LogP contribution >= 0.6 is 11.6 Å². The third-order valence-electron chi connectivity index (χ3n) is 3.90. The van der Waals surface area contributed by atoms with Gasteiger partial charge in [-0.25, -0.2) is 0 Å². The highest BCUT2D eigenvalue weighted by atomic mass is 35.5. The molecule has 2 amide bonds. The van der Waals surface area contributed by atoms with Gasteiger partial charge in [-0.1, -0.05) is 29.8 Å². The molecule has 0 bridgehead atoms. The van der Waals surface area contributed by atoms with Crippen LogP contribution in [0.5, 0.6) is 11.5 Å². The van der Waals surface area contributed by atoms with E-state index in [2.05, 4.69) is 10.6 Å². The Morgan fingerprint density at radius 1 is 1.25 bits per heavy atom. The maximum atomic E-state index is 12.5. The van der Waals surface area contributed by atoms with Gasteiger partial charge in [-0.3, -0.25) is 9.59 Å². The first-order valence-corrected chi connectivity index (χ1v) is 7.79. The number of ether oxygens (including phenoxy) is 2. The second kappa shape index (κ2) is 5.72. The van der Waals surface area contributed by atoms with Crippen molar-refractivity contribution in [1.82, 2.24) is 0 Å². The highest BCUT2D eigenvalue weighted by molar-refractivity contribution is 6.34. The van der Waals surface area contributed by atoms with E-state index in [0.717, 1.165) is 11.3 Å². The summed E-state index contributed by atoms with van der Waals surface area (Å²) in [5.74, 6) is 0.658. The average Bonchev–Trinajstić information content (AvgIpc) is 3.00. The van der Waals surface area contributed by atoms with E-state index in [1.54, 1.807) is 12.1 Å². The Bertz CT molecular complexity index is 827. The van der Waals surface area contributed by atoms with Gasteiger partial charge in [0.05, 0.1) is 16.4 Å². The first-order chi connectivity index (χ1) is 11.6. The molecule has 2 aliphatic rings. The Hall–Kier alpha value is -2.73. The van der Waals surface area contributed by atoms with Crippen LogP contribution in [0.1, 0.15) is 5.56 Å². The lowest BCUT2D eigenvalue weighted by atomic mass is 10.1. The molecule has 0 aromatic heterocycles. The zero-order valence-corrected chi connectivity index (χ0v) is 13.2. The molecule has 0 unspecified atom stereocenters. The van der Waals surface area contributed by atoms with Crippen LogP contribution in [0, 0.1) is 0 Å². The van der Waals surface area contributed by atoms with Gasteiger partial charge < -0.3 is 20.1 Å². The van der Waals surface area contributed by atoms with Crippen molar-refractivity contribution in [2.24, 2.45) is 0 Å². The highest BCUT2D eigenvalue weighted by Crippen LogP contribution is 2.37. The number of hydrogen-bond acceptors (Lipinski definition) is 4. The Morgan fingerprint density at radius 2 is 2.08 bits per heavy atom. The van der Waals surface area contributed by atoms with E-state index >= 15 is 0 Å². The third kappa shape index (κ3) is 2.65. The maximum absolute atomic E-state index is 12.5. The average molecular weight is 345 g/mol. The van der Waals surface area contributed by atoms with E-state index in [0.29, 0.717) is 28.6 Å². The zero-order valence-electron chi connectivity index (χ0n) is 12.5. The van der Waals surface area contributed by atoms with E-state index in [-0.39, 0.29) is 18.4 Å². The lowest BCUT2D eigenvalue weighted by Crippen LogP contribution is -2.31.